The number of halogens is 3. The van der Waals surface area contributed by atoms with Crippen LogP contribution in [0.1, 0.15) is 0 Å². The lowest BCUT2D eigenvalue weighted by Crippen LogP contribution is -1.86. The van der Waals surface area contributed by atoms with E-state index in [0.717, 1.165) is 6.66 Å². The first-order valence-electron chi connectivity index (χ1n) is 4.45. The lowest BCUT2D eigenvalue weighted by molar-refractivity contribution is 0.552. The van der Waals surface area contributed by atoms with Crippen LogP contribution in [0.25, 0.3) is 0 Å². The van der Waals surface area contributed by atoms with Crippen molar-refractivity contribution < 1.29 is 17.1 Å². The zero-order valence-electron chi connectivity index (χ0n) is 8.61. The second-order valence-electron chi connectivity index (χ2n) is 3.20. The standard InChI is InChI=1S/C7H8F3N3OP3/c1-16(9)11-15(8)12-17(10,13-16)14-7-5-3-2-4-6-7/h2-6H,1H3/q+1. The summed E-state index contributed by atoms with van der Waals surface area (Å²) in [7, 11) is -11.0. The Bertz CT molecular complexity index is 568. The molecule has 92 valence electrons. The molecule has 10 heteroatoms. The number of hydrogen-bond donors (Lipinski definition) is 0. The van der Waals surface area contributed by atoms with Gasteiger partial charge in [-0.2, -0.15) is 4.20 Å². The van der Waals surface area contributed by atoms with E-state index in [9.17, 15) is 12.6 Å². The first-order chi connectivity index (χ1) is 7.89. The number of para-hydroxylation sites is 1. The van der Waals surface area contributed by atoms with Gasteiger partial charge in [0.2, 0.25) is 0 Å². The van der Waals surface area contributed by atoms with Crippen molar-refractivity contribution in [2.24, 2.45) is 13.5 Å². The molecule has 1 aromatic carbocycles. The van der Waals surface area contributed by atoms with Crippen LogP contribution in [0.2, 0.25) is 0 Å². The zero-order valence-corrected chi connectivity index (χ0v) is 11.3. The molecule has 2 rings (SSSR count). The van der Waals surface area contributed by atoms with Crippen LogP contribution >= 0.6 is 23.4 Å². The average Bonchev–Trinajstić information content (AvgIpc) is 2.13. The molecule has 1 aliphatic rings. The van der Waals surface area contributed by atoms with E-state index >= 15 is 0 Å². The minimum atomic E-state index is -4.28. The third-order valence-corrected chi connectivity index (χ3v) is 7.66. The molecule has 0 amide bonds. The lowest BCUT2D eigenvalue weighted by Gasteiger charge is -2.11. The maximum Gasteiger partial charge on any atom is 0.596 e. The van der Waals surface area contributed by atoms with Gasteiger partial charge < -0.3 is 4.52 Å². The number of hydrogen-bond acceptors (Lipinski definition) is 4. The van der Waals surface area contributed by atoms with Crippen molar-refractivity contribution in [3.8, 4) is 5.75 Å². The fourth-order valence-electron chi connectivity index (χ4n) is 1.13. The SMILES string of the molecule is CP1(F)=N[P+](F)=NP(F)(Oc2ccccc2)=N1. The van der Waals surface area contributed by atoms with E-state index < -0.39 is 23.4 Å². The average molecular weight is 300 g/mol. The van der Waals surface area contributed by atoms with Gasteiger partial charge in [-0.25, -0.2) is 0 Å². The van der Waals surface area contributed by atoms with Crippen molar-refractivity contribution in [3.05, 3.63) is 30.3 Å². The second-order valence-corrected chi connectivity index (χ2v) is 8.57. The molecule has 1 aromatic rings. The van der Waals surface area contributed by atoms with Gasteiger partial charge in [0.15, 0.2) is 0 Å². The molecule has 1 aliphatic heterocycles. The molecule has 0 saturated carbocycles. The molecule has 0 spiro atoms. The minimum Gasteiger partial charge on any atom is -0.417 e. The summed E-state index contributed by atoms with van der Waals surface area (Å²) in [6.07, 6.45) is 0. The first kappa shape index (κ1) is 12.8. The van der Waals surface area contributed by atoms with Crippen molar-refractivity contribution in [3.63, 3.8) is 0 Å². The molecule has 3 atom stereocenters. The molecule has 0 fully saturated rings. The summed E-state index contributed by atoms with van der Waals surface area (Å²) in [6, 6.07) is 7.85. The highest BCUT2D eigenvalue weighted by molar-refractivity contribution is 7.76. The van der Waals surface area contributed by atoms with Crippen LogP contribution in [-0.4, -0.2) is 6.66 Å². The summed E-state index contributed by atoms with van der Waals surface area (Å²) < 4.78 is 54.8. The van der Waals surface area contributed by atoms with Gasteiger partial charge in [-0.1, -0.05) is 18.2 Å². The summed E-state index contributed by atoms with van der Waals surface area (Å²) in [4.78, 5) is 0. The van der Waals surface area contributed by atoms with Crippen LogP contribution in [0.4, 0.5) is 12.6 Å². The Morgan fingerprint density at radius 3 is 2.47 bits per heavy atom. The summed E-state index contributed by atoms with van der Waals surface area (Å²) in [5.41, 5.74) is 0. The number of benzene rings is 1. The van der Waals surface area contributed by atoms with Gasteiger partial charge >= 0.3 is 15.9 Å². The highest BCUT2D eigenvalue weighted by Gasteiger charge is 2.40. The molecule has 0 N–H and O–H groups in total. The Kier molecular flexibility index (Phi) is 3.44. The Balaban J connectivity index is 2.39. The van der Waals surface area contributed by atoms with Crippen LogP contribution < -0.4 is 4.52 Å². The summed E-state index contributed by atoms with van der Waals surface area (Å²) >= 11 is 0. The van der Waals surface area contributed by atoms with Crippen LogP contribution in [0.15, 0.2) is 43.9 Å². The molecule has 3 unspecified atom stereocenters. The van der Waals surface area contributed by atoms with Gasteiger partial charge in [0.1, 0.15) is 5.75 Å². The zero-order chi connectivity index (χ0) is 12.5. The van der Waals surface area contributed by atoms with Crippen molar-refractivity contribution in [2.45, 2.75) is 0 Å². The van der Waals surface area contributed by atoms with E-state index in [4.69, 9.17) is 4.52 Å². The third-order valence-electron chi connectivity index (χ3n) is 1.66. The van der Waals surface area contributed by atoms with Gasteiger partial charge in [0.05, 0.1) is 8.71 Å². The maximum atomic E-state index is 14.1. The second kappa shape index (κ2) is 4.56. The lowest BCUT2D eigenvalue weighted by atomic mass is 10.3. The largest absolute Gasteiger partial charge is 0.596 e. The Morgan fingerprint density at radius 2 is 1.88 bits per heavy atom. The Morgan fingerprint density at radius 1 is 1.24 bits per heavy atom. The monoisotopic (exact) mass is 300 g/mol. The smallest absolute Gasteiger partial charge is 0.417 e. The molecule has 0 bridgehead atoms. The van der Waals surface area contributed by atoms with Crippen molar-refractivity contribution in [2.75, 3.05) is 6.66 Å². The molecule has 0 saturated heterocycles. The molecular weight excluding hydrogens is 292 g/mol. The molecule has 4 nitrogen and oxygen atoms in total. The third kappa shape index (κ3) is 3.41. The molecule has 0 aliphatic carbocycles. The highest BCUT2D eigenvalue weighted by Crippen LogP contribution is 2.73. The van der Waals surface area contributed by atoms with Crippen molar-refractivity contribution >= 4 is 23.4 Å². The predicted molar refractivity (Wildman–Crippen MR) is 64.4 cm³/mol. The van der Waals surface area contributed by atoms with E-state index in [1.807, 2.05) is 0 Å². The number of rotatable bonds is 2. The topological polar surface area (TPSA) is 46.3 Å². The summed E-state index contributed by atoms with van der Waals surface area (Å²) in [5.74, 6) is 0.140. The van der Waals surface area contributed by atoms with E-state index in [0.29, 0.717) is 0 Å². The summed E-state index contributed by atoms with van der Waals surface area (Å²) in [6.45, 7) is 0.972. The number of nitrogens with zero attached hydrogens (tertiary/aromatic N) is 3. The van der Waals surface area contributed by atoms with Crippen LogP contribution in [0.5, 0.6) is 5.75 Å². The Labute approximate surface area is 97.4 Å². The fraction of sp³-hybridized carbons (Fsp3) is 0.143. The van der Waals surface area contributed by atoms with Crippen LogP contribution in [0.3, 0.4) is 0 Å². The highest BCUT2D eigenvalue weighted by atomic mass is 31.3. The normalized spacial score (nSPS) is 34.2. The van der Waals surface area contributed by atoms with E-state index in [-0.39, 0.29) is 5.75 Å². The van der Waals surface area contributed by atoms with Gasteiger partial charge in [-0.05, 0) is 12.1 Å². The van der Waals surface area contributed by atoms with Gasteiger partial charge in [0, 0.05) is 11.2 Å². The quantitative estimate of drug-likeness (QED) is 0.609. The van der Waals surface area contributed by atoms with Gasteiger partial charge in [-0.3, -0.25) is 0 Å². The molecule has 17 heavy (non-hydrogen) atoms. The van der Waals surface area contributed by atoms with E-state index in [2.05, 4.69) is 13.5 Å². The molecular formula is C7H8F3N3OP3+. The van der Waals surface area contributed by atoms with Crippen molar-refractivity contribution in [1.29, 1.82) is 0 Å². The maximum absolute atomic E-state index is 14.1. The minimum absolute atomic E-state index is 0.140. The van der Waals surface area contributed by atoms with Crippen molar-refractivity contribution in [1.82, 2.24) is 0 Å². The molecule has 0 radical (unpaired) electrons. The molecule has 0 aromatic heterocycles. The fourth-order valence-corrected chi connectivity index (χ4v) is 6.63. The van der Waals surface area contributed by atoms with Crippen LogP contribution in [0, 0.1) is 0 Å². The van der Waals surface area contributed by atoms with E-state index in [1.54, 1.807) is 18.2 Å². The van der Waals surface area contributed by atoms with Crippen LogP contribution in [-0.2, 0) is 0 Å². The van der Waals surface area contributed by atoms with Gasteiger partial charge in [0.25, 0.3) is 7.52 Å². The molecule has 1 heterocycles. The Hall–Kier alpha value is -0.630. The first-order valence-corrected chi connectivity index (χ1v) is 9.13. The van der Waals surface area contributed by atoms with E-state index in [1.165, 1.54) is 12.1 Å². The predicted octanol–water partition coefficient (Wildman–Crippen LogP) is 6.09. The summed E-state index contributed by atoms with van der Waals surface area (Å²) in [5, 5.41) is 0. The van der Waals surface area contributed by atoms with Gasteiger partial charge in [-0.15, -0.1) is 8.71 Å².